The maximum atomic E-state index is 13.2. The average molecular weight is 424 g/mol. The van der Waals surface area contributed by atoms with E-state index in [1.807, 2.05) is 0 Å². The standard InChI is InChI=1S/C20H29N3O5S/c1-7-18(24)21-16-8-10-17(11-9-16)29(26,27)23-14(2)12-22(13-15(23)3)19(25)28-20(4,5)6/h7-11,14-15H,1,12-13H2,2-6H3,(H,21,24)/t14-,15+. The second kappa shape index (κ2) is 8.54. The van der Waals surface area contributed by atoms with Crippen LogP contribution in [-0.2, 0) is 19.6 Å². The number of carbonyl (C=O) groups excluding carboxylic acids is 2. The van der Waals surface area contributed by atoms with Crippen LogP contribution in [0.25, 0.3) is 0 Å². The van der Waals surface area contributed by atoms with Crippen molar-refractivity contribution in [3.8, 4) is 0 Å². The first-order chi connectivity index (χ1) is 13.3. The minimum Gasteiger partial charge on any atom is -0.444 e. The Morgan fingerprint density at radius 2 is 1.66 bits per heavy atom. The fraction of sp³-hybridized carbons (Fsp3) is 0.500. The van der Waals surface area contributed by atoms with E-state index in [-0.39, 0.29) is 23.9 Å². The van der Waals surface area contributed by atoms with Gasteiger partial charge in [-0.1, -0.05) is 6.58 Å². The van der Waals surface area contributed by atoms with Crippen LogP contribution in [0.5, 0.6) is 0 Å². The molecule has 160 valence electrons. The first kappa shape index (κ1) is 22.9. The van der Waals surface area contributed by atoms with Crippen molar-refractivity contribution in [3.63, 3.8) is 0 Å². The number of ether oxygens (including phenoxy) is 1. The molecule has 0 saturated carbocycles. The molecule has 29 heavy (non-hydrogen) atoms. The summed E-state index contributed by atoms with van der Waals surface area (Å²) in [5, 5.41) is 2.58. The summed E-state index contributed by atoms with van der Waals surface area (Å²) in [5.74, 6) is -0.374. The fourth-order valence-corrected chi connectivity index (χ4v) is 5.09. The first-order valence-corrected chi connectivity index (χ1v) is 10.8. The highest BCUT2D eigenvalue weighted by molar-refractivity contribution is 7.89. The number of nitrogens with one attached hydrogen (secondary N) is 1. The van der Waals surface area contributed by atoms with Crippen molar-refractivity contribution < 1.29 is 22.7 Å². The predicted molar refractivity (Wildman–Crippen MR) is 111 cm³/mol. The lowest BCUT2D eigenvalue weighted by atomic mass is 10.1. The topological polar surface area (TPSA) is 96.0 Å². The molecule has 8 nitrogen and oxygen atoms in total. The molecular formula is C20H29N3O5S. The third kappa shape index (κ3) is 5.57. The van der Waals surface area contributed by atoms with Gasteiger partial charge in [-0.15, -0.1) is 0 Å². The minimum atomic E-state index is -3.77. The number of sulfonamides is 1. The van der Waals surface area contributed by atoms with E-state index >= 15 is 0 Å². The van der Waals surface area contributed by atoms with Crippen molar-refractivity contribution in [2.75, 3.05) is 18.4 Å². The van der Waals surface area contributed by atoms with Crippen LogP contribution < -0.4 is 5.32 Å². The summed E-state index contributed by atoms with van der Waals surface area (Å²) in [6.07, 6.45) is 0.689. The molecule has 0 unspecified atom stereocenters. The Bertz CT molecular complexity index is 862. The highest BCUT2D eigenvalue weighted by Gasteiger charge is 2.40. The summed E-state index contributed by atoms with van der Waals surface area (Å²) in [6.45, 7) is 12.8. The van der Waals surface area contributed by atoms with Gasteiger partial charge in [-0.3, -0.25) is 4.79 Å². The molecule has 1 N–H and O–H groups in total. The Morgan fingerprint density at radius 3 is 2.10 bits per heavy atom. The highest BCUT2D eigenvalue weighted by Crippen LogP contribution is 2.27. The third-order valence-electron chi connectivity index (χ3n) is 4.37. The number of rotatable bonds is 4. The number of anilines is 1. The quantitative estimate of drug-likeness (QED) is 0.751. The number of piperazine rings is 1. The van der Waals surface area contributed by atoms with Crippen molar-refractivity contribution in [2.24, 2.45) is 0 Å². The largest absolute Gasteiger partial charge is 0.444 e. The number of nitrogens with zero attached hydrogens (tertiary/aromatic N) is 2. The molecule has 9 heteroatoms. The van der Waals surface area contributed by atoms with E-state index in [1.165, 1.54) is 28.6 Å². The molecule has 1 aliphatic heterocycles. The van der Waals surface area contributed by atoms with Gasteiger partial charge in [0.25, 0.3) is 0 Å². The SMILES string of the molecule is C=CC(=O)Nc1ccc(S(=O)(=O)N2[C@H](C)CN(C(=O)OC(C)(C)C)C[C@@H]2C)cc1. The van der Waals surface area contributed by atoms with Gasteiger partial charge in [-0.05, 0) is 65.0 Å². The summed E-state index contributed by atoms with van der Waals surface area (Å²) in [7, 11) is -3.77. The Kier molecular flexibility index (Phi) is 6.74. The summed E-state index contributed by atoms with van der Waals surface area (Å²) >= 11 is 0. The van der Waals surface area contributed by atoms with E-state index in [9.17, 15) is 18.0 Å². The predicted octanol–water partition coefficient (Wildman–Crippen LogP) is 2.83. The van der Waals surface area contributed by atoms with Crippen LogP contribution in [0.15, 0.2) is 41.8 Å². The molecule has 1 fully saturated rings. The smallest absolute Gasteiger partial charge is 0.410 e. The van der Waals surface area contributed by atoms with Crippen LogP contribution in [0.3, 0.4) is 0 Å². The molecule has 0 radical (unpaired) electrons. The monoisotopic (exact) mass is 423 g/mol. The maximum Gasteiger partial charge on any atom is 0.410 e. The van der Waals surface area contributed by atoms with E-state index in [1.54, 1.807) is 39.5 Å². The Labute approximate surface area is 172 Å². The number of amides is 2. The second-order valence-corrected chi connectivity index (χ2v) is 9.98. The molecule has 0 aromatic heterocycles. The molecule has 0 bridgehead atoms. The van der Waals surface area contributed by atoms with Gasteiger partial charge in [-0.2, -0.15) is 4.31 Å². The molecule has 2 atom stereocenters. The van der Waals surface area contributed by atoms with E-state index in [2.05, 4.69) is 11.9 Å². The molecule has 0 aliphatic carbocycles. The lowest BCUT2D eigenvalue weighted by Crippen LogP contribution is -2.60. The number of carbonyl (C=O) groups is 2. The Balaban J connectivity index is 2.18. The zero-order valence-electron chi connectivity index (χ0n) is 17.5. The van der Waals surface area contributed by atoms with Crippen molar-refractivity contribution in [3.05, 3.63) is 36.9 Å². The molecule has 1 aromatic carbocycles. The van der Waals surface area contributed by atoms with Gasteiger partial charge < -0.3 is 15.0 Å². The minimum absolute atomic E-state index is 0.124. The van der Waals surface area contributed by atoms with Crippen molar-refractivity contribution in [2.45, 2.75) is 57.2 Å². The molecule has 0 spiro atoms. The summed E-state index contributed by atoms with van der Waals surface area (Å²) in [5.41, 5.74) is -0.139. The van der Waals surface area contributed by atoms with Crippen LogP contribution >= 0.6 is 0 Å². The number of benzene rings is 1. The zero-order chi connectivity index (χ0) is 22.0. The zero-order valence-corrected chi connectivity index (χ0v) is 18.3. The molecule has 1 saturated heterocycles. The lowest BCUT2D eigenvalue weighted by Gasteiger charge is -2.43. The van der Waals surface area contributed by atoms with Gasteiger partial charge in [0.1, 0.15) is 5.60 Å². The lowest BCUT2D eigenvalue weighted by molar-refractivity contribution is -0.111. The highest BCUT2D eigenvalue weighted by atomic mass is 32.2. The van der Waals surface area contributed by atoms with Crippen molar-refractivity contribution in [1.29, 1.82) is 0 Å². The Hall–Kier alpha value is -2.39. The second-order valence-electron chi connectivity index (χ2n) is 8.14. The van der Waals surface area contributed by atoms with Crippen LogP contribution in [-0.4, -0.2) is 60.4 Å². The summed E-state index contributed by atoms with van der Waals surface area (Å²) in [4.78, 5) is 25.4. The van der Waals surface area contributed by atoms with Crippen LogP contribution in [0, 0.1) is 0 Å². The molecule has 2 amide bonds. The Morgan fingerprint density at radius 1 is 1.14 bits per heavy atom. The maximum absolute atomic E-state index is 13.2. The number of hydrogen-bond donors (Lipinski definition) is 1. The van der Waals surface area contributed by atoms with Gasteiger partial charge in [0, 0.05) is 30.9 Å². The van der Waals surface area contributed by atoms with Gasteiger partial charge >= 0.3 is 6.09 Å². The molecule has 1 aromatic rings. The van der Waals surface area contributed by atoms with Gasteiger partial charge in [0.2, 0.25) is 15.9 Å². The normalized spacial score (nSPS) is 20.8. The molecule has 2 rings (SSSR count). The van der Waals surface area contributed by atoms with Gasteiger partial charge in [0.05, 0.1) is 4.90 Å². The van der Waals surface area contributed by atoms with E-state index in [0.717, 1.165) is 6.08 Å². The summed E-state index contributed by atoms with van der Waals surface area (Å²) < 4.78 is 33.2. The molecular weight excluding hydrogens is 394 g/mol. The van der Waals surface area contributed by atoms with Gasteiger partial charge in [0.15, 0.2) is 0 Å². The van der Waals surface area contributed by atoms with Gasteiger partial charge in [-0.25, -0.2) is 13.2 Å². The third-order valence-corrected chi connectivity index (χ3v) is 6.52. The van der Waals surface area contributed by atoms with Crippen molar-refractivity contribution >= 4 is 27.7 Å². The average Bonchev–Trinajstić information content (AvgIpc) is 2.59. The van der Waals surface area contributed by atoms with E-state index in [4.69, 9.17) is 4.74 Å². The van der Waals surface area contributed by atoms with Crippen LogP contribution in [0.1, 0.15) is 34.6 Å². The fourth-order valence-electron chi connectivity index (χ4n) is 3.28. The molecule has 1 aliphatic rings. The van der Waals surface area contributed by atoms with Crippen LogP contribution in [0.4, 0.5) is 10.5 Å². The van der Waals surface area contributed by atoms with Crippen molar-refractivity contribution in [1.82, 2.24) is 9.21 Å². The first-order valence-electron chi connectivity index (χ1n) is 9.40. The van der Waals surface area contributed by atoms with E-state index < -0.39 is 33.8 Å². The molecule has 1 heterocycles. The summed E-state index contributed by atoms with van der Waals surface area (Å²) in [6, 6.07) is 5.12. The van der Waals surface area contributed by atoms with E-state index in [0.29, 0.717) is 5.69 Å². The number of hydrogen-bond acceptors (Lipinski definition) is 5. The van der Waals surface area contributed by atoms with Crippen LogP contribution in [0.2, 0.25) is 0 Å².